The van der Waals surface area contributed by atoms with Crippen LogP contribution in [-0.2, 0) is 17.8 Å². The van der Waals surface area contributed by atoms with E-state index in [-0.39, 0.29) is 25.0 Å². The lowest BCUT2D eigenvalue weighted by atomic mass is 10.1. The molecule has 0 aliphatic heterocycles. The van der Waals surface area contributed by atoms with Gasteiger partial charge >= 0.3 is 5.97 Å². The zero-order valence-corrected chi connectivity index (χ0v) is 15.6. The van der Waals surface area contributed by atoms with Crippen LogP contribution in [0.1, 0.15) is 17.5 Å². The van der Waals surface area contributed by atoms with Gasteiger partial charge in [0.05, 0.1) is 0 Å². The summed E-state index contributed by atoms with van der Waals surface area (Å²) in [6.45, 7) is -0.0503. The van der Waals surface area contributed by atoms with Crippen molar-refractivity contribution in [3.8, 4) is 5.75 Å². The lowest BCUT2D eigenvalue weighted by Crippen LogP contribution is -2.04. The summed E-state index contributed by atoms with van der Waals surface area (Å²) in [5.41, 5.74) is 0.969. The van der Waals surface area contributed by atoms with Gasteiger partial charge in [-0.25, -0.2) is 13.8 Å². The third-order valence-electron chi connectivity index (χ3n) is 3.87. The molecule has 0 bridgehead atoms. The van der Waals surface area contributed by atoms with Gasteiger partial charge in [-0.15, -0.1) is 0 Å². The third-order valence-corrected chi connectivity index (χ3v) is 4.93. The minimum absolute atomic E-state index is 0.0456. The van der Waals surface area contributed by atoms with Gasteiger partial charge in [0.15, 0.2) is 17.4 Å². The van der Waals surface area contributed by atoms with Gasteiger partial charge in [0.25, 0.3) is 0 Å². The first-order valence-electron chi connectivity index (χ1n) is 8.52. The highest BCUT2D eigenvalue weighted by Gasteiger charge is 2.15. The number of nitrogens with zero attached hydrogens (tertiary/aromatic N) is 1. The fourth-order valence-corrected chi connectivity index (χ4v) is 3.41. The molecule has 144 valence electrons. The van der Waals surface area contributed by atoms with Crippen molar-refractivity contribution in [2.45, 2.75) is 29.4 Å². The predicted octanol–water partition coefficient (Wildman–Crippen LogP) is 5.11. The molecule has 1 heterocycles. The number of aryl methyl sites for hydroxylation is 1. The van der Waals surface area contributed by atoms with Crippen molar-refractivity contribution < 1.29 is 23.4 Å². The molecular weight excluding hydrogens is 384 g/mol. The SMILES string of the molecule is O=C(O)CCc1cc(F)c(OCc2cccnc2Sc2ccccc2)c(F)c1. The van der Waals surface area contributed by atoms with Gasteiger partial charge in [0.2, 0.25) is 0 Å². The summed E-state index contributed by atoms with van der Waals surface area (Å²) in [5, 5.41) is 9.38. The Morgan fingerprint density at radius 1 is 1.07 bits per heavy atom. The summed E-state index contributed by atoms with van der Waals surface area (Å²) in [5.74, 6) is -3.23. The summed E-state index contributed by atoms with van der Waals surface area (Å²) in [6.07, 6.45) is 1.49. The molecule has 0 aliphatic rings. The first-order chi connectivity index (χ1) is 13.5. The van der Waals surface area contributed by atoms with Crippen molar-refractivity contribution in [2.75, 3.05) is 0 Å². The van der Waals surface area contributed by atoms with Crippen molar-refractivity contribution in [3.63, 3.8) is 0 Å². The molecule has 0 saturated heterocycles. The topological polar surface area (TPSA) is 59.4 Å². The summed E-state index contributed by atoms with van der Waals surface area (Å²) in [7, 11) is 0. The highest BCUT2D eigenvalue weighted by molar-refractivity contribution is 7.99. The molecular formula is C21H17F2NO3S. The molecule has 0 atom stereocenters. The van der Waals surface area contributed by atoms with Gasteiger partial charge in [-0.3, -0.25) is 4.79 Å². The number of carbonyl (C=O) groups is 1. The highest BCUT2D eigenvalue weighted by Crippen LogP contribution is 2.30. The number of rotatable bonds is 8. The van der Waals surface area contributed by atoms with Crippen LogP contribution in [0.4, 0.5) is 8.78 Å². The van der Waals surface area contributed by atoms with Gasteiger partial charge < -0.3 is 9.84 Å². The Morgan fingerprint density at radius 2 is 1.79 bits per heavy atom. The van der Waals surface area contributed by atoms with Crippen molar-refractivity contribution >= 4 is 17.7 Å². The van der Waals surface area contributed by atoms with E-state index in [1.165, 1.54) is 11.8 Å². The quantitative estimate of drug-likeness (QED) is 0.569. The number of ether oxygens (including phenoxy) is 1. The van der Waals surface area contributed by atoms with Gasteiger partial charge in [-0.2, -0.15) is 0 Å². The predicted molar refractivity (Wildman–Crippen MR) is 101 cm³/mol. The van der Waals surface area contributed by atoms with E-state index in [1.54, 1.807) is 18.3 Å². The molecule has 4 nitrogen and oxygen atoms in total. The Labute approximate surface area is 165 Å². The summed E-state index contributed by atoms with van der Waals surface area (Å²) in [6, 6.07) is 15.4. The fourth-order valence-electron chi connectivity index (χ4n) is 2.52. The van der Waals surface area contributed by atoms with Gasteiger partial charge in [-0.1, -0.05) is 36.0 Å². The average molecular weight is 401 g/mol. The number of aliphatic carboxylic acids is 1. The average Bonchev–Trinajstić information content (AvgIpc) is 2.68. The minimum Gasteiger partial charge on any atom is -0.483 e. The Hall–Kier alpha value is -2.93. The highest BCUT2D eigenvalue weighted by atomic mass is 32.2. The number of aromatic nitrogens is 1. The summed E-state index contributed by atoms with van der Waals surface area (Å²) in [4.78, 5) is 15.9. The normalized spacial score (nSPS) is 10.6. The molecule has 7 heteroatoms. The van der Waals surface area contributed by atoms with Crippen molar-refractivity contribution in [1.29, 1.82) is 0 Å². The maximum atomic E-state index is 14.3. The van der Waals surface area contributed by atoms with Crippen molar-refractivity contribution in [2.24, 2.45) is 0 Å². The monoisotopic (exact) mass is 401 g/mol. The second-order valence-electron chi connectivity index (χ2n) is 5.95. The number of hydrogen-bond donors (Lipinski definition) is 1. The second kappa shape index (κ2) is 9.32. The van der Waals surface area contributed by atoms with Crippen LogP contribution >= 0.6 is 11.8 Å². The third kappa shape index (κ3) is 5.29. The number of halogens is 2. The maximum absolute atomic E-state index is 14.3. The van der Waals surface area contributed by atoms with Gasteiger partial charge in [-0.05, 0) is 42.3 Å². The zero-order chi connectivity index (χ0) is 19.9. The van der Waals surface area contributed by atoms with E-state index in [2.05, 4.69) is 4.98 Å². The largest absolute Gasteiger partial charge is 0.483 e. The fraction of sp³-hybridized carbons (Fsp3) is 0.143. The van der Waals surface area contributed by atoms with Crippen molar-refractivity contribution in [1.82, 2.24) is 4.98 Å². The molecule has 1 aromatic heterocycles. The molecule has 0 amide bonds. The van der Waals surface area contributed by atoms with Crippen LogP contribution in [0.15, 0.2) is 70.7 Å². The van der Waals surface area contributed by atoms with E-state index < -0.39 is 23.4 Å². The molecule has 28 heavy (non-hydrogen) atoms. The standard InChI is InChI=1S/C21H17F2NO3S/c22-17-11-14(8-9-19(25)26)12-18(23)20(17)27-13-15-5-4-10-24-21(15)28-16-6-2-1-3-7-16/h1-7,10-12H,8-9,13H2,(H,25,26). The van der Waals surface area contributed by atoms with Gasteiger partial charge in [0.1, 0.15) is 11.6 Å². The van der Waals surface area contributed by atoms with Crippen LogP contribution in [0.3, 0.4) is 0 Å². The minimum atomic E-state index is -1.03. The molecule has 0 fully saturated rings. The first-order valence-corrected chi connectivity index (χ1v) is 9.34. The smallest absolute Gasteiger partial charge is 0.303 e. The first kappa shape index (κ1) is 19.8. The molecule has 3 rings (SSSR count). The number of benzene rings is 2. The van der Waals surface area contributed by atoms with E-state index >= 15 is 0 Å². The Morgan fingerprint density at radius 3 is 2.46 bits per heavy atom. The van der Waals surface area contributed by atoms with Crippen LogP contribution in [0.25, 0.3) is 0 Å². The van der Waals surface area contributed by atoms with Gasteiger partial charge in [0, 0.05) is 23.1 Å². The summed E-state index contributed by atoms with van der Waals surface area (Å²) >= 11 is 1.44. The van der Waals surface area contributed by atoms with Crippen LogP contribution < -0.4 is 4.74 Å². The lowest BCUT2D eigenvalue weighted by molar-refractivity contribution is -0.136. The van der Waals surface area contributed by atoms with E-state index in [0.717, 1.165) is 17.0 Å². The molecule has 0 unspecified atom stereocenters. The van der Waals surface area contributed by atoms with Crippen LogP contribution in [0, 0.1) is 11.6 Å². The molecule has 0 radical (unpaired) electrons. The number of pyridine rings is 1. The molecule has 0 saturated carbocycles. The lowest BCUT2D eigenvalue weighted by Gasteiger charge is -2.12. The Balaban J connectivity index is 1.73. The van der Waals surface area contributed by atoms with Crippen LogP contribution in [-0.4, -0.2) is 16.1 Å². The maximum Gasteiger partial charge on any atom is 0.303 e. The second-order valence-corrected chi connectivity index (χ2v) is 7.02. The summed E-state index contributed by atoms with van der Waals surface area (Å²) < 4.78 is 33.9. The molecule has 3 aromatic rings. The number of carboxylic acids is 1. The van der Waals surface area contributed by atoms with Crippen LogP contribution in [0.5, 0.6) is 5.75 Å². The molecule has 1 N–H and O–H groups in total. The molecule has 0 aliphatic carbocycles. The Kier molecular flexibility index (Phi) is 6.60. The Bertz CT molecular complexity index is 944. The van der Waals surface area contributed by atoms with E-state index in [9.17, 15) is 13.6 Å². The molecule has 2 aromatic carbocycles. The molecule has 0 spiro atoms. The zero-order valence-electron chi connectivity index (χ0n) is 14.8. The van der Waals surface area contributed by atoms with E-state index in [4.69, 9.17) is 9.84 Å². The number of carboxylic acid groups (broad SMARTS) is 1. The number of hydrogen-bond acceptors (Lipinski definition) is 4. The van der Waals surface area contributed by atoms with E-state index in [1.807, 2.05) is 30.3 Å². The van der Waals surface area contributed by atoms with E-state index in [0.29, 0.717) is 10.6 Å². The van der Waals surface area contributed by atoms with Crippen LogP contribution in [0.2, 0.25) is 0 Å². The van der Waals surface area contributed by atoms with Crippen molar-refractivity contribution in [3.05, 3.63) is 83.6 Å².